The number of carbonyl (C=O) groups is 1. The molecular weight excluding hydrogens is 374 g/mol. The van der Waals surface area contributed by atoms with Gasteiger partial charge in [0.2, 0.25) is 5.91 Å². The van der Waals surface area contributed by atoms with E-state index in [0.29, 0.717) is 24.5 Å². The molecule has 1 saturated heterocycles. The van der Waals surface area contributed by atoms with E-state index in [4.69, 9.17) is 11.6 Å². The van der Waals surface area contributed by atoms with Gasteiger partial charge in [0.05, 0.1) is 6.54 Å². The fourth-order valence-electron chi connectivity index (χ4n) is 3.76. The zero-order valence-electron chi connectivity index (χ0n) is 16.9. The van der Waals surface area contributed by atoms with Crippen LogP contribution in [0.4, 0.5) is 0 Å². The van der Waals surface area contributed by atoms with Gasteiger partial charge in [-0.25, -0.2) is 0 Å². The van der Waals surface area contributed by atoms with Gasteiger partial charge < -0.3 is 16.0 Å². The van der Waals surface area contributed by atoms with Crippen LogP contribution in [0.15, 0.2) is 29.3 Å². The minimum atomic E-state index is 0.131. The standard InChI is InChI=1S/C21H32ClN5O/c1-3-9-24-20(28)14-27-10-7-17(8-11-27)25-21(23-2)26-19-13-18(19)15-5-4-6-16(22)12-15/h4-6,12,17-19H,3,7-11,13-14H2,1-2H3,(H,24,28)(H2,23,25,26). The van der Waals surface area contributed by atoms with E-state index in [1.807, 2.05) is 19.2 Å². The molecule has 154 valence electrons. The van der Waals surface area contributed by atoms with Crippen molar-refractivity contribution >= 4 is 23.5 Å². The lowest BCUT2D eigenvalue weighted by molar-refractivity contribution is -0.122. The average molecular weight is 406 g/mol. The quantitative estimate of drug-likeness (QED) is 0.481. The molecule has 2 aliphatic rings. The lowest BCUT2D eigenvalue weighted by Crippen LogP contribution is -2.50. The zero-order valence-corrected chi connectivity index (χ0v) is 17.6. The Bertz CT molecular complexity index is 687. The molecule has 1 aliphatic carbocycles. The summed E-state index contributed by atoms with van der Waals surface area (Å²) in [7, 11) is 1.82. The van der Waals surface area contributed by atoms with E-state index in [2.05, 4.69) is 44.9 Å². The van der Waals surface area contributed by atoms with Crippen molar-refractivity contribution in [2.24, 2.45) is 4.99 Å². The molecule has 6 nitrogen and oxygen atoms in total. The van der Waals surface area contributed by atoms with E-state index < -0.39 is 0 Å². The van der Waals surface area contributed by atoms with Gasteiger partial charge in [-0.1, -0.05) is 30.7 Å². The number of carbonyl (C=O) groups excluding carboxylic acids is 1. The van der Waals surface area contributed by atoms with Crippen LogP contribution in [-0.4, -0.2) is 62.1 Å². The van der Waals surface area contributed by atoms with Crippen molar-refractivity contribution in [3.63, 3.8) is 0 Å². The van der Waals surface area contributed by atoms with Crippen molar-refractivity contribution < 1.29 is 4.79 Å². The van der Waals surface area contributed by atoms with Crippen molar-refractivity contribution in [1.29, 1.82) is 0 Å². The molecule has 1 aromatic carbocycles. The number of amides is 1. The van der Waals surface area contributed by atoms with Crippen LogP contribution in [0.5, 0.6) is 0 Å². The molecule has 28 heavy (non-hydrogen) atoms. The van der Waals surface area contributed by atoms with Gasteiger partial charge in [0.25, 0.3) is 0 Å². The van der Waals surface area contributed by atoms with Gasteiger partial charge >= 0.3 is 0 Å². The summed E-state index contributed by atoms with van der Waals surface area (Å²) in [5.74, 6) is 1.50. The first-order valence-electron chi connectivity index (χ1n) is 10.3. The third-order valence-corrected chi connectivity index (χ3v) is 5.72. The van der Waals surface area contributed by atoms with Gasteiger partial charge in [-0.05, 0) is 43.4 Å². The number of hydrogen-bond acceptors (Lipinski definition) is 3. The number of guanidine groups is 1. The van der Waals surface area contributed by atoms with Gasteiger partial charge in [-0.2, -0.15) is 0 Å². The van der Waals surface area contributed by atoms with Gasteiger partial charge in [-0.15, -0.1) is 0 Å². The van der Waals surface area contributed by atoms with Crippen LogP contribution in [0, 0.1) is 0 Å². The minimum absolute atomic E-state index is 0.131. The fourth-order valence-corrected chi connectivity index (χ4v) is 3.96. The third kappa shape index (κ3) is 6.11. The topological polar surface area (TPSA) is 68.8 Å². The fraction of sp³-hybridized carbons (Fsp3) is 0.619. The Kier molecular flexibility index (Phi) is 7.57. The van der Waals surface area contributed by atoms with Gasteiger partial charge in [-0.3, -0.25) is 14.7 Å². The lowest BCUT2D eigenvalue weighted by Gasteiger charge is -2.32. The first kappa shape index (κ1) is 20.9. The second kappa shape index (κ2) is 10.1. The summed E-state index contributed by atoms with van der Waals surface area (Å²) in [4.78, 5) is 18.5. The Labute approximate surface area is 173 Å². The summed E-state index contributed by atoms with van der Waals surface area (Å²) >= 11 is 6.11. The molecule has 3 rings (SSSR count). The van der Waals surface area contributed by atoms with Crippen molar-refractivity contribution in [3.05, 3.63) is 34.9 Å². The summed E-state index contributed by atoms with van der Waals surface area (Å²) in [5.41, 5.74) is 1.29. The molecule has 2 atom stereocenters. The molecule has 2 unspecified atom stereocenters. The average Bonchev–Trinajstić information content (AvgIpc) is 3.46. The zero-order chi connectivity index (χ0) is 19.9. The predicted octanol–water partition coefficient (Wildman–Crippen LogP) is 2.35. The summed E-state index contributed by atoms with van der Waals surface area (Å²) in [6.45, 7) is 5.20. The highest BCUT2D eigenvalue weighted by atomic mass is 35.5. The Morgan fingerprint density at radius 3 is 2.75 bits per heavy atom. The van der Waals surface area contributed by atoms with E-state index in [1.165, 1.54) is 5.56 Å². The Hall–Kier alpha value is -1.79. The molecule has 1 aliphatic heterocycles. The smallest absolute Gasteiger partial charge is 0.234 e. The normalized spacial score (nSPS) is 23.3. The first-order chi connectivity index (χ1) is 13.6. The monoisotopic (exact) mass is 405 g/mol. The van der Waals surface area contributed by atoms with Crippen LogP contribution < -0.4 is 16.0 Å². The van der Waals surface area contributed by atoms with Gasteiger partial charge in [0, 0.05) is 49.7 Å². The van der Waals surface area contributed by atoms with E-state index in [0.717, 1.165) is 56.3 Å². The third-order valence-electron chi connectivity index (χ3n) is 5.48. The lowest BCUT2D eigenvalue weighted by atomic mass is 10.1. The molecule has 0 bridgehead atoms. The Morgan fingerprint density at radius 1 is 1.29 bits per heavy atom. The number of rotatable bonds is 7. The largest absolute Gasteiger partial charge is 0.355 e. The summed E-state index contributed by atoms with van der Waals surface area (Å²) in [6, 6.07) is 8.92. The minimum Gasteiger partial charge on any atom is -0.355 e. The number of likely N-dealkylation sites (tertiary alicyclic amines) is 1. The second-order valence-electron chi connectivity index (χ2n) is 7.76. The van der Waals surface area contributed by atoms with Crippen molar-refractivity contribution in [3.8, 4) is 0 Å². The van der Waals surface area contributed by atoms with Crippen LogP contribution in [0.25, 0.3) is 0 Å². The van der Waals surface area contributed by atoms with Crippen molar-refractivity contribution in [2.45, 2.75) is 50.6 Å². The highest BCUT2D eigenvalue weighted by molar-refractivity contribution is 6.30. The molecule has 7 heteroatoms. The summed E-state index contributed by atoms with van der Waals surface area (Å²) < 4.78 is 0. The second-order valence-corrected chi connectivity index (χ2v) is 8.20. The molecule has 1 heterocycles. The molecule has 0 aromatic heterocycles. The Morgan fingerprint density at radius 2 is 2.07 bits per heavy atom. The number of piperidine rings is 1. The summed E-state index contributed by atoms with van der Waals surface area (Å²) in [5, 5.41) is 10.8. The van der Waals surface area contributed by atoms with Gasteiger partial charge in [0.1, 0.15) is 0 Å². The van der Waals surface area contributed by atoms with Crippen LogP contribution >= 0.6 is 11.6 Å². The maximum atomic E-state index is 11.9. The van der Waals surface area contributed by atoms with Crippen LogP contribution in [0.3, 0.4) is 0 Å². The number of aliphatic imine (C=N–C) groups is 1. The maximum absolute atomic E-state index is 11.9. The highest BCUT2D eigenvalue weighted by Crippen LogP contribution is 2.41. The Balaban J connectivity index is 1.39. The molecule has 2 fully saturated rings. The molecule has 1 amide bonds. The molecule has 0 radical (unpaired) electrons. The van der Waals surface area contributed by atoms with E-state index in [-0.39, 0.29) is 5.91 Å². The van der Waals surface area contributed by atoms with Crippen molar-refractivity contribution in [2.75, 3.05) is 33.2 Å². The van der Waals surface area contributed by atoms with Crippen molar-refractivity contribution in [1.82, 2.24) is 20.9 Å². The van der Waals surface area contributed by atoms with Crippen LogP contribution in [0.1, 0.15) is 44.1 Å². The SMILES string of the molecule is CCCNC(=O)CN1CCC(NC(=NC)NC2CC2c2cccc(Cl)c2)CC1. The predicted molar refractivity (Wildman–Crippen MR) is 115 cm³/mol. The van der Waals surface area contributed by atoms with Crippen LogP contribution in [0.2, 0.25) is 5.02 Å². The van der Waals surface area contributed by atoms with Gasteiger partial charge in [0.15, 0.2) is 5.96 Å². The number of halogens is 1. The van der Waals surface area contributed by atoms with E-state index >= 15 is 0 Å². The first-order valence-corrected chi connectivity index (χ1v) is 10.7. The van der Waals surface area contributed by atoms with E-state index in [9.17, 15) is 4.79 Å². The highest BCUT2D eigenvalue weighted by Gasteiger charge is 2.39. The molecular formula is C21H32ClN5O. The maximum Gasteiger partial charge on any atom is 0.234 e. The number of benzene rings is 1. The molecule has 0 spiro atoms. The molecule has 3 N–H and O–H groups in total. The number of hydrogen-bond donors (Lipinski definition) is 3. The number of nitrogens with zero attached hydrogens (tertiary/aromatic N) is 2. The van der Waals surface area contributed by atoms with E-state index in [1.54, 1.807) is 0 Å². The van der Waals surface area contributed by atoms with Crippen LogP contribution in [-0.2, 0) is 4.79 Å². The number of nitrogens with one attached hydrogen (secondary N) is 3. The molecule has 1 aromatic rings. The molecule has 1 saturated carbocycles. The summed E-state index contributed by atoms with van der Waals surface area (Å²) in [6.07, 6.45) is 4.11.